The Balaban J connectivity index is 2.87. The lowest BCUT2D eigenvalue weighted by Crippen LogP contribution is -2.26. The minimum Gasteiger partial charge on any atom is -0.489 e. The summed E-state index contributed by atoms with van der Waals surface area (Å²) in [6, 6.07) is 1.94. The Kier molecular flexibility index (Phi) is 9.51. The van der Waals surface area contributed by atoms with Crippen LogP contribution in [0, 0.1) is 10.7 Å². The van der Waals surface area contributed by atoms with Crippen molar-refractivity contribution >= 4 is 85.3 Å². The number of hydrogen-bond donors (Lipinski definition) is 1. The molecule has 6 nitrogen and oxygen atoms in total. The van der Waals surface area contributed by atoms with Crippen LogP contribution in [0.2, 0.25) is 0 Å². The summed E-state index contributed by atoms with van der Waals surface area (Å²) in [7, 11) is 1.72. The van der Waals surface area contributed by atoms with Gasteiger partial charge < -0.3 is 19.5 Å². The van der Waals surface area contributed by atoms with Crippen LogP contribution in [-0.4, -0.2) is 43.3 Å². The van der Waals surface area contributed by atoms with E-state index in [0.717, 1.165) is 16.4 Å². The number of carboxylic acid groups (broad SMARTS) is 1. The third-order valence-corrected chi connectivity index (χ3v) is 5.83. The molecular weight excluding hydrogens is 655 g/mol. The van der Waals surface area contributed by atoms with E-state index in [9.17, 15) is 9.59 Å². The molecular formula is C15H18I3NO5. The molecule has 1 aromatic carbocycles. The van der Waals surface area contributed by atoms with Crippen LogP contribution in [0.15, 0.2) is 6.07 Å². The Hall–Kier alpha value is 0.110. The first-order valence-corrected chi connectivity index (χ1v) is 10.3. The van der Waals surface area contributed by atoms with E-state index in [4.69, 9.17) is 14.6 Å². The van der Waals surface area contributed by atoms with Crippen LogP contribution in [0.3, 0.4) is 0 Å². The van der Waals surface area contributed by atoms with Crippen molar-refractivity contribution in [2.45, 2.75) is 26.4 Å². The summed E-state index contributed by atoms with van der Waals surface area (Å²) in [5, 5.41) is 8.95. The topological polar surface area (TPSA) is 76.1 Å². The molecule has 0 heterocycles. The summed E-state index contributed by atoms with van der Waals surface area (Å²) in [6.07, 6.45) is -0.413. The number of carbonyl (C=O) groups is 2. The van der Waals surface area contributed by atoms with E-state index >= 15 is 0 Å². The highest BCUT2D eigenvalue weighted by Crippen LogP contribution is 2.38. The van der Waals surface area contributed by atoms with Crippen LogP contribution in [0.25, 0.3) is 0 Å². The average Bonchev–Trinajstić information content (AvgIpc) is 2.48. The molecule has 0 saturated carbocycles. The summed E-state index contributed by atoms with van der Waals surface area (Å²) < 4.78 is 13.8. The fourth-order valence-electron chi connectivity index (χ4n) is 1.86. The number of carboxylic acids is 1. The van der Waals surface area contributed by atoms with Crippen LogP contribution in [-0.2, 0) is 14.3 Å². The number of rotatable bonds is 8. The van der Waals surface area contributed by atoms with Crippen LogP contribution in [0.1, 0.15) is 20.3 Å². The summed E-state index contributed by atoms with van der Waals surface area (Å²) in [6.45, 7) is 3.68. The lowest BCUT2D eigenvalue weighted by atomic mass is 10.2. The average molecular weight is 673 g/mol. The van der Waals surface area contributed by atoms with E-state index in [1.807, 2.05) is 6.07 Å². The molecule has 0 spiro atoms. The van der Waals surface area contributed by atoms with Gasteiger partial charge in [-0.3, -0.25) is 4.79 Å². The van der Waals surface area contributed by atoms with Gasteiger partial charge in [-0.2, -0.15) is 0 Å². The van der Waals surface area contributed by atoms with Gasteiger partial charge in [0.05, 0.1) is 19.4 Å². The van der Waals surface area contributed by atoms with Crippen molar-refractivity contribution in [2.24, 2.45) is 0 Å². The van der Waals surface area contributed by atoms with Crippen LogP contribution < -0.4 is 9.64 Å². The predicted octanol–water partition coefficient (Wildman–Crippen LogP) is 3.74. The normalized spacial score (nSPS) is 11.9. The second-order valence-electron chi connectivity index (χ2n) is 4.86. The van der Waals surface area contributed by atoms with Gasteiger partial charge in [-0.25, -0.2) is 4.79 Å². The van der Waals surface area contributed by atoms with Crippen LogP contribution in [0.4, 0.5) is 5.69 Å². The molecule has 0 aromatic heterocycles. The molecule has 0 saturated heterocycles. The molecule has 1 N–H and O–H groups in total. The predicted molar refractivity (Wildman–Crippen MR) is 117 cm³/mol. The first-order chi connectivity index (χ1) is 11.2. The van der Waals surface area contributed by atoms with Crippen molar-refractivity contribution in [2.75, 3.05) is 25.2 Å². The van der Waals surface area contributed by atoms with Crippen LogP contribution in [0.5, 0.6) is 5.75 Å². The number of halogens is 3. The zero-order chi connectivity index (χ0) is 18.4. The van der Waals surface area contributed by atoms with Gasteiger partial charge in [-0.15, -0.1) is 0 Å². The van der Waals surface area contributed by atoms with Crippen LogP contribution >= 0.6 is 67.8 Å². The van der Waals surface area contributed by atoms with Crippen molar-refractivity contribution < 1.29 is 24.2 Å². The van der Waals surface area contributed by atoms with Gasteiger partial charge in [0.1, 0.15) is 12.4 Å². The molecule has 1 atom stereocenters. The molecule has 0 aliphatic heterocycles. The second kappa shape index (κ2) is 10.3. The highest BCUT2D eigenvalue weighted by atomic mass is 127. The first-order valence-electron chi connectivity index (χ1n) is 7.09. The van der Waals surface area contributed by atoms with Gasteiger partial charge in [-0.05, 0) is 80.3 Å². The zero-order valence-electron chi connectivity index (χ0n) is 13.4. The second-order valence-corrected chi connectivity index (χ2v) is 8.27. The van der Waals surface area contributed by atoms with E-state index in [0.29, 0.717) is 12.2 Å². The summed E-state index contributed by atoms with van der Waals surface area (Å²) in [4.78, 5) is 24.2. The number of hydrogen-bond acceptors (Lipinski definition) is 4. The fraction of sp³-hybridized carbons (Fsp3) is 0.467. The Labute approximate surface area is 182 Å². The lowest BCUT2D eigenvalue weighted by Gasteiger charge is -2.22. The van der Waals surface area contributed by atoms with Gasteiger partial charge in [0.25, 0.3) is 0 Å². The standard InChI is InChI=1S/C15H18I3NO5/c1-4-11(15(21)22)23-5-6-24-14-10(17)7-9(16)13(12(14)18)19(3)8(2)20/h7,11H,4-6H2,1-3H3,(H,21,22). The van der Waals surface area contributed by atoms with E-state index in [1.165, 1.54) is 6.92 Å². The van der Waals surface area contributed by atoms with E-state index in [1.54, 1.807) is 18.9 Å². The summed E-state index contributed by atoms with van der Waals surface area (Å²) in [5.74, 6) is -0.360. The number of benzene rings is 1. The molecule has 9 heteroatoms. The number of nitrogens with zero attached hydrogens (tertiary/aromatic N) is 1. The van der Waals surface area contributed by atoms with Crippen molar-refractivity contribution in [1.82, 2.24) is 0 Å². The molecule has 1 rings (SSSR count). The largest absolute Gasteiger partial charge is 0.489 e. The van der Waals surface area contributed by atoms with E-state index < -0.39 is 12.1 Å². The fourth-order valence-corrected chi connectivity index (χ4v) is 6.26. The molecule has 1 aromatic rings. The number of carbonyl (C=O) groups excluding carboxylic acids is 1. The Morgan fingerprint density at radius 3 is 2.38 bits per heavy atom. The summed E-state index contributed by atoms with van der Waals surface area (Å²) >= 11 is 6.53. The number of ether oxygens (including phenoxy) is 2. The van der Waals surface area contributed by atoms with Gasteiger partial charge >= 0.3 is 5.97 Å². The maximum Gasteiger partial charge on any atom is 0.332 e. The monoisotopic (exact) mass is 673 g/mol. The van der Waals surface area contributed by atoms with Gasteiger partial charge in [0.2, 0.25) is 5.91 Å². The lowest BCUT2D eigenvalue weighted by molar-refractivity contribution is -0.150. The smallest absolute Gasteiger partial charge is 0.332 e. The van der Waals surface area contributed by atoms with Crippen molar-refractivity contribution in [1.29, 1.82) is 0 Å². The summed E-state index contributed by atoms with van der Waals surface area (Å²) in [5.41, 5.74) is 0.803. The molecule has 134 valence electrons. The molecule has 0 bridgehead atoms. The SMILES string of the molecule is CCC(OCCOc1c(I)cc(I)c(N(C)C(C)=O)c1I)C(=O)O. The maximum absolute atomic E-state index is 11.7. The third-order valence-electron chi connectivity index (χ3n) is 3.21. The third kappa shape index (κ3) is 5.83. The highest BCUT2D eigenvalue weighted by molar-refractivity contribution is 14.1. The molecule has 0 aliphatic carbocycles. The zero-order valence-corrected chi connectivity index (χ0v) is 19.9. The molecule has 1 amide bonds. The van der Waals surface area contributed by atoms with Crippen molar-refractivity contribution in [3.63, 3.8) is 0 Å². The minimum absolute atomic E-state index is 0.0615. The molecule has 0 radical (unpaired) electrons. The maximum atomic E-state index is 11.7. The number of aliphatic carboxylic acids is 1. The van der Waals surface area contributed by atoms with Gasteiger partial charge in [-0.1, -0.05) is 6.92 Å². The van der Waals surface area contributed by atoms with Gasteiger partial charge in [0.15, 0.2) is 6.10 Å². The number of anilines is 1. The molecule has 0 fully saturated rings. The van der Waals surface area contributed by atoms with Gasteiger partial charge in [0, 0.05) is 17.5 Å². The number of amides is 1. The quantitative estimate of drug-likeness (QED) is 0.337. The minimum atomic E-state index is -0.971. The molecule has 24 heavy (non-hydrogen) atoms. The highest BCUT2D eigenvalue weighted by Gasteiger charge is 2.20. The Morgan fingerprint density at radius 2 is 1.88 bits per heavy atom. The van der Waals surface area contributed by atoms with E-state index in [2.05, 4.69) is 67.8 Å². The van der Waals surface area contributed by atoms with Crippen molar-refractivity contribution in [3.8, 4) is 5.75 Å². The Morgan fingerprint density at radius 1 is 1.25 bits per heavy atom. The molecule has 1 unspecified atom stereocenters. The van der Waals surface area contributed by atoms with E-state index in [-0.39, 0.29) is 19.1 Å². The Bertz CT molecular complexity index is 624. The molecule has 0 aliphatic rings. The first kappa shape index (κ1) is 22.2. The van der Waals surface area contributed by atoms with Crippen molar-refractivity contribution in [3.05, 3.63) is 16.8 Å².